The predicted molar refractivity (Wildman–Crippen MR) is 95.4 cm³/mol. The molecule has 2 aromatic rings. The third-order valence-corrected chi connectivity index (χ3v) is 4.29. The van der Waals surface area contributed by atoms with Crippen LogP contribution in [0.4, 0.5) is 5.69 Å². The van der Waals surface area contributed by atoms with E-state index in [-0.39, 0.29) is 5.91 Å². The Labute approximate surface area is 141 Å². The number of anilines is 1. The van der Waals surface area contributed by atoms with Crippen LogP contribution in [-0.2, 0) is 11.3 Å². The number of nitrogens with two attached hydrogens (primary N) is 1. The summed E-state index contributed by atoms with van der Waals surface area (Å²) in [6.07, 6.45) is 1.77. The predicted octanol–water partition coefficient (Wildman–Crippen LogP) is 3.06. The molecular weight excluding hydrogens is 302 g/mol. The molecule has 0 unspecified atom stereocenters. The van der Waals surface area contributed by atoms with Crippen LogP contribution in [0.3, 0.4) is 0 Å². The Bertz CT molecular complexity index is 786. The summed E-state index contributed by atoms with van der Waals surface area (Å²) in [7, 11) is 0. The van der Waals surface area contributed by atoms with Gasteiger partial charge in [-0.2, -0.15) is 0 Å². The number of benzene rings is 2. The number of hydrogen-bond donors (Lipinski definition) is 2. The fraction of sp³-hybridized carbons (Fsp3) is 0.263. The number of ether oxygens (including phenoxy) is 1. The Morgan fingerprint density at radius 1 is 1.38 bits per heavy atom. The van der Waals surface area contributed by atoms with E-state index in [4.69, 9.17) is 15.9 Å². The molecule has 0 saturated heterocycles. The van der Waals surface area contributed by atoms with Crippen molar-refractivity contribution in [3.05, 3.63) is 47.5 Å². The molecule has 0 bridgehead atoms. The molecule has 0 saturated carbocycles. The van der Waals surface area contributed by atoms with Crippen LogP contribution in [0.15, 0.2) is 36.4 Å². The third-order valence-electron chi connectivity index (χ3n) is 4.29. The van der Waals surface area contributed by atoms with Gasteiger partial charge in [-0.15, -0.1) is 0 Å². The summed E-state index contributed by atoms with van der Waals surface area (Å²) in [5, 5.41) is 7.63. The summed E-state index contributed by atoms with van der Waals surface area (Å²) in [6.45, 7) is 3.51. The van der Waals surface area contributed by atoms with Crippen molar-refractivity contribution in [1.82, 2.24) is 4.90 Å². The van der Waals surface area contributed by atoms with Gasteiger partial charge in [-0.25, -0.2) is 0 Å². The number of nitrogen functional groups attached to an aromatic ring is 1. The number of carbonyl (C=O) groups excluding carboxylic acids is 1. The van der Waals surface area contributed by atoms with Crippen LogP contribution < -0.4 is 10.5 Å². The van der Waals surface area contributed by atoms with Gasteiger partial charge in [0.25, 0.3) is 0 Å². The fourth-order valence-corrected chi connectivity index (χ4v) is 2.99. The van der Waals surface area contributed by atoms with Gasteiger partial charge in [0.2, 0.25) is 5.91 Å². The van der Waals surface area contributed by atoms with Crippen molar-refractivity contribution in [3.8, 4) is 16.9 Å². The molecule has 0 aromatic heterocycles. The molecule has 24 heavy (non-hydrogen) atoms. The van der Waals surface area contributed by atoms with Crippen molar-refractivity contribution in [3.63, 3.8) is 0 Å². The molecule has 0 spiro atoms. The zero-order chi connectivity index (χ0) is 17.1. The van der Waals surface area contributed by atoms with Gasteiger partial charge >= 0.3 is 0 Å². The molecule has 0 radical (unpaired) electrons. The van der Waals surface area contributed by atoms with Crippen LogP contribution in [0.5, 0.6) is 5.75 Å². The first-order valence-corrected chi connectivity index (χ1v) is 8.07. The summed E-state index contributed by atoms with van der Waals surface area (Å²) in [4.78, 5) is 13.9. The quantitative estimate of drug-likeness (QED) is 0.673. The average Bonchev–Trinajstić information content (AvgIpc) is 2.82. The van der Waals surface area contributed by atoms with E-state index in [1.807, 2.05) is 42.2 Å². The van der Waals surface area contributed by atoms with E-state index in [9.17, 15) is 4.79 Å². The molecule has 124 valence electrons. The molecule has 1 aliphatic heterocycles. The van der Waals surface area contributed by atoms with Gasteiger partial charge in [-0.1, -0.05) is 25.1 Å². The van der Waals surface area contributed by atoms with Crippen LogP contribution in [0, 0.1) is 5.41 Å². The minimum absolute atomic E-state index is 0.126. The molecule has 1 heterocycles. The van der Waals surface area contributed by atoms with E-state index in [1.165, 1.54) is 6.21 Å². The molecule has 1 aliphatic rings. The van der Waals surface area contributed by atoms with Crippen molar-refractivity contribution >= 4 is 17.8 Å². The molecule has 2 aromatic carbocycles. The van der Waals surface area contributed by atoms with Crippen LogP contribution in [0.1, 0.15) is 24.5 Å². The zero-order valence-corrected chi connectivity index (χ0v) is 13.7. The highest BCUT2D eigenvalue weighted by Gasteiger charge is 2.19. The van der Waals surface area contributed by atoms with Gasteiger partial charge < -0.3 is 20.8 Å². The summed E-state index contributed by atoms with van der Waals surface area (Å²) in [5.74, 6) is 0.937. The lowest BCUT2D eigenvalue weighted by Gasteiger charge is -2.19. The first kappa shape index (κ1) is 16.1. The molecule has 3 N–H and O–H groups in total. The molecule has 5 heteroatoms. The lowest BCUT2D eigenvalue weighted by atomic mass is 9.97. The summed E-state index contributed by atoms with van der Waals surface area (Å²) in [5.41, 5.74) is 10.1. The molecule has 5 nitrogen and oxygen atoms in total. The molecular formula is C19H21N3O2. The first-order valence-electron chi connectivity index (χ1n) is 8.07. The number of amides is 1. The second-order valence-electron chi connectivity index (χ2n) is 5.79. The summed E-state index contributed by atoms with van der Waals surface area (Å²) < 4.78 is 5.78. The molecule has 0 aliphatic carbocycles. The van der Waals surface area contributed by atoms with Crippen LogP contribution in [0.2, 0.25) is 0 Å². The van der Waals surface area contributed by atoms with Gasteiger partial charge in [0.15, 0.2) is 0 Å². The maximum atomic E-state index is 12.1. The standard InChI is InChI=1S/C19H21N3O2/c1-2-19(23)22-8-9-24-18-7-6-13(10-14(18)12-22)15-4-3-5-17(21)16(15)11-20/h3-7,10-11,20H,2,8-9,12,21H2,1H3. The lowest BCUT2D eigenvalue weighted by Crippen LogP contribution is -2.31. The number of rotatable bonds is 3. The van der Waals surface area contributed by atoms with Crippen molar-refractivity contribution in [1.29, 1.82) is 5.41 Å². The lowest BCUT2D eigenvalue weighted by molar-refractivity contribution is -0.131. The maximum absolute atomic E-state index is 12.1. The SMILES string of the molecule is CCC(=O)N1CCOc2ccc(-c3cccc(N)c3C=N)cc2C1. The summed E-state index contributed by atoms with van der Waals surface area (Å²) in [6, 6.07) is 11.5. The normalized spacial score (nSPS) is 13.6. The van der Waals surface area contributed by atoms with E-state index < -0.39 is 0 Å². The van der Waals surface area contributed by atoms with Crippen molar-refractivity contribution < 1.29 is 9.53 Å². The Hall–Kier alpha value is -2.82. The molecule has 3 rings (SSSR count). The minimum Gasteiger partial charge on any atom is -0.491 e. The van der Waals surface area contributed by atoms with E-state index in [0.29, 0.717) is 37.4 Å². The van der Waals surface area contributed by atoms with Crippen LogP contribution >= 0.6 is 0 Å². The van der Waals surface area contributed by atoms with E-state index >= 15 is 0 Å². The van der Waals surface area contributed by atoms with E-state index in [2.05, 4.69) is 0 Å². The molecule has 0 atom stereocenters. The highest BCUT2D eigenvalue weighted by Crippen LogP contribution is 2.32. The van der Waals surface area contributed by atoms with Crippen molar-refractivity contribution in [2.45, 2.75) is 19.9 Å². The number of nitrogens with zero attached hydrogens (tertiary/aromatic N) is 1. The van der Waals surface area contributed by atoms with Crippen molar-refractivity contribution in [2.24, 2.45) is 0 Å². The topological polar surface area (TPSA) is 79.4 Å². The van der Waals surface area contributed by atoms with Crippen LogP contribution in [-0.4, -0.2) is 30.2 Å². The van der Waals surface area contributed by atoms with Gasteiger partial charge in [0, 0.05) is 36.0 Å². The van der Waals surface area contributed by atoms with Crippen molar-refractivity contribution in [2.75, 3.05) is 18.9 Å². The highest BCUT2D eigenvalue weighted by molar-refractivity contribution is 5.95. The smallest absolute Gasteiger partial charge is 0.222 e. The highest BCUT2D eigenvalue weighted by atomic mass is 16.5. The number of fused-ring (bicyclic) bond motifs is 1. The molecule has 0 fully saturated rings. The minimum atomic E-state index is 0.126. The molecule has 1 amide bonds. The second-order valence-corrected chi connectivity index (χ2v) is 5.79. The first-order chi connectivity index (χ1) is 11.6. The van der Waals surface area contributed by atoms with Gasteiger partial charge in [-0.3, -0.25) is 4.79 Å². The van der Waals surface area contributed by atoms with Gasteiger partial charge in [0.1, 0.15) is 12.4 Å². The zero-order valence-electron chi connectivity index (χ0n) is 13.7. The Morgan fingerprint density at radius 2 is 2.21 bits per heavy atom. The van der Waals surface area contributed by atoms with E-state index in [0.717, 1.165) is 22.4 Å². The summed E-state index contributed by atoms with van der Waals surface area (Å²) >= 11 is 0. The van der Waals surface area contributed by atoms with E-state index in [1.54, 1.807) is 6.07 Å². The monoisotopic (exact) mass is 323 g/mol. The van der Waals surface area contributed by atoms with Crippen LogP contribution in [0.25, 0.3) is 11.1 Å². The number of nitrogens with one attached hydrogen (secondary N) is 1. The van der Waals surface area contributed by atoms with Gasteiger partial charge in [0.05, 0.1) is 6.54 Å². The Kier molecular flexibility index (Phi) is 4.51. The Balaban J connectivity index is 2.02. The fourth-order valence-electron chi connectivity index (χ4n) is 2.99. The maximum Gasteiger partial charge on any atom is 0.222 e. The number of carbonyl (C=O) groups is 1. The largest absolute Gasteiger partial charge is 0.491 e. The average molecular weight is 323 g/mol. The third kappa shape index (κ3) is 2.97. The van der Waals surface area contributed by atoms with Gasteiger partial charge in [-0.05, 0) is 29.3 Å². The second kappa shape index (κ2) is 6.74. The Morgan fingerprint density at radius 3 is 2.96 bits per heavy atom. The number of hydrogen-bond acceptors (Lipinski definition) is 4.